The molecule has 0 radical (unpaired) electrons. The third kappa shape index (κ3) is 1.44. The van der Waals surface area contributed by atoms with Crippen molar-refractivity contribution in [3.63, 3.8) is 0 Å². The van der Waals surface area contributed by atoms with Crippen LogP contribution in [0.1, 0.15) is 12.0 Å². The molecule has 1 aromatic carbocycles. The van der Waals surface area contributed by atoms with Gasteiger partial charge in [0.25, 0.3) is 0 Å². The fourth-order valence-electron chi connectivity index (χ4n) is 3.16. The lowest BCUT2D eigenvalue weighted by atomic mass is 9.68. The molecule has 2 heterocycles. The van der Waals surface area contributed by atoms with Crippen molar-refractivity contribution in [1.82, 2.24) is 5.32 Å². The third-order valence-electron chi connectivity index (χ3n) is 4.03. The predicted octanol–water partition coefficient (Wildman–Crippen LogP) is 0.412. The summed E-state index contributed by atoms with van der Waals surface area (Å²) in [6, 6.07) is 7.97. The molecule has 2 aliphatic heterocycles. The molecule has 1 amide bonds. The van der Waals surface area contributed by atoms with Crippen LogP contribution in [0.25, 0.3) is 0 Å². The number of primary amides is 1. The van der Waals surface area contributed by atoms with Crippen LogP contribution >= 0.6 is 0 Å². The monoisotopic (exact) mass is 232 g/mol. The maximum Gasteiger partial charge on any atom is 0.222 e. The second kappa shape index (κ2) is 3.74. The Kier molecular flexibility index (Phi) is 2.33. The lowest BCUT2D eigenvalue weighted by molar-refractivity contribution is -0.123. The van der Waals surface area contributed by atoms with E-state index in [1.165, 1.54) is 0 Å². The van der Waals surface area contributed by atoms with E-state index in [0.29, 0.717) is 13.2 Å². The van der Waals surface area contributed by atoms with Gasteiger partial charge in [-0.2, -0.15) is 0 Å². The van der Waals surface area contributed by atoms with E-state index in [9.17, 15) is 4.79 Å². The SMILES string of the molecule is NC(=O)C1CNCC12CCOc1ccccc12. The van der Waals surface area contributed by atoms with Crippen LogP contribution in [-0.2, 0) is 10.2 Å². The van der Waals surface area contributed by atoms with Gasteiger partial charge in [0.15, 0.2) is 0 Å². The van der Waals surface area contributed by atoms with Crippen LogP contribution in [0.3, 0.4) is 0 Å². The maximum atomic E-state index is 11.6. The highest BCUT2D eigenvalue weighted by atomic mass is 16.5. The molecule has 4 nitrogen and oxygen atoms in total. The number of hydrogen-bond donors (Lipinski definition) is 2. The minimum absolute atomic E-state index is 0.132. The summed E-state index contributed by atoms with van der Waals surface area (Å²) < 4.78 is 5.66. The molecule has 3 N–H and O–H groups in total. The highest BCUT2D eigenvalue weighted by Gasteiger charge is 2.49. The number of carbonyl (C=O) groups excluding carboxylic acids is 1. The molecule has 0 bridgehead atoms. The molecular weight excluding hydrogens is 216 g/mol. The molecule has 90 valence electrons. The molecule has 2 aliphatic rings. The number of rotatable bonds is 1. The van der Waals surface area contributed by atoms with Gasteiger partial charge in [0.1, 0.15) is 5.75 Å². The summed E-state index contributed by atoms with van der Waals surface area (Å²) >= 11 is 0. The number of ether oxygens (including phenoxy) is 1. The Morgan fingerprint density at radius 2 is 2.29 bits per heavy atom. The molecule has 2 unspecified atom stereocenters. The highest BCUT2D eigenvalue weighted by Crippen LogP contribution is 2.45. The molecule has 1 fully saturated rings. The Hall–Kier alpha value is -1.55. The first-order chi connectivity index (χ1) is 8.24. The molecule has 1 spiro atoms. The molecule has 1 aromatic rings. The first-order valence-corrected chi connectivity index (χ1v) is 5.96. The van der Waals surface area contributed by atoms with E-state index < -0.39 is 0 Å². The zero-order valence-corrected chi connectivity index (χ0v) is 9.61. The summed E-state index contributed by atoms with van der Waals surface area (Å²) in [5, 5.41) is 3.30. The van der Waals surface area contributed by atoms with Crippen molar-refractivity contribution in [2.24, 2.45) is 11.7 Å². The average molecular weight is 232 g/mol. The van der Waals surface area contributed by atoms with Gasteiger partial charge in [0.2, 0.25) is 5.91 Å². The van der Waals surface area contributed by atoms with Crippen molar-refractivity contribution in [3.05, 3.63) is 29.8 Å². The quantitative estimate of drug-likeness (QED) is 0.737. The minimum atomic E-state index is -0.216. The summed E-state index contributed by atoms with van der Waals surface area (Å²) in [4.78, 5) is 11.6. The van der Waals surface area contributed by atoms with Crippen LogP contribution in [0.2, 0.25) is 0 Å². The summed E-state index contributed by atoms with van der Waals surface area (Å²) in [6.07, 6.45) is 0.852. The fourth-order valence-corrected chi connectivity index (χ4v) is 3.16. The largest absolute Gasteiger partial charge is 0.493 e. The van der Waals surface area contributed by atoms with Gasteiger partial charge in [-0.3, -0.25) is 4.79 Å². The molecule has 4 heteroatoms. The lowest BCUT2D eigenvalue weighted by Crippen LogP contribution is -2.45. The van der Waals surface area contributed by atoms with Gasteiger partial charge in [0.05, 0.1) is 12.5 Å². The van der Waals surface area contributed by atoms with Gasteiger partial charge < -0.3 is 15.8 Å². The molecule has 1 saturated heterocycles. The Bertz CT molecular complexity index is 460. The van der Waals surface area contributed by atoms with Crippen LogP contribution in [0, 0.1) is 5.92 Å². The molecule has 3 rings (SSSR count). The zero-order chi connectivity index (χ0) is 11.9. The summed E-state index contributed by atoms with van der Waals surface area (Å²) in [5.41, 5.74) is 6.50. The average Bonchev–Trinajstić information content (AvgIpc) is 2.74. The van der Waals surface area contributed by atoms with E-state index in [-0.39, 0.29) is 17.2 Å². The van der Waals surface area contributed by atoms with Crippen LogP contribution in [0.5, 0.6) is 5.75 Å². The number of nitrogens with two attached hydrogens (primary N) is 1. The molecule has 0 aromatic heterocycles. The van der Waals surface area contributed by atoms with Crippen LogP contribution in [0.15, 0.2) is 24.3 Å². The molecular formula is C13H16N2O2. The fraction of sp³-hybridized carbons (Fsp3) is 0.462. The van der Waals surface area contributed by atoms with Crippen molar-refractivity contribution >= 4 is 5.91 Å². The number of benzene rings is 1. The van der Waals surface area contributed by atoms with Crippen molar-refractivity contribution in [2.45, 2.75) is 11.8 Å². The van der Waals surface area contributed by atoms with Gasteiger partial charge in [-0.05, 0) is 12.5 Å². The van der Waals surface area contributed by atoms with Gasteiger partial charge in [-0.1, -0.05) is 18.2 Å². The maximum absolute atomic E-state index is 11.6. The molecule has 17 heavy (non-hydrogen) atoms. The van der Waals surface area contributed by atoms with Gasteiger partial charge in [-0.25, -0.2) is 0 Å². The molecule has 0 saturated carbocycles. The van der Waals surface area contributed by atoms with Gasteiger partial charge >= 0.3 is 0 Å². The van der Waals surface area contributed by atoms with Crippen molar-refractivity contribution in [3.8, 4) is 5.75 Å². The highest BCUT2D eigenvalue weighted by molar-refractivity contribution is 5.80. The number of fused-ring (bicyclic) bond motifs is 2. The van der Waals surface area contributed by atoms with Gasteiger partial charge in [-0.15, -0.1) is 0 Å². The number of hydrogen-bond acceptors (Lipinski definition) is 3. The van der Waals surface area contributed by atoms with E-state index in [1.807, 2.05) is 18.2 Å². The van der Waals surface area contributed by atoms with Crippen LogP contribution < -0.4 is 15.8 Å². The number of carbonyl (C=O) groups is 1. The number of para-hydroxylation sites is 1. The Labute approximate surface area is 100 Å². The number of nitrogens with one attached hydrogen (secondary N) is 1. The Morgan fingerprint density at radius 3 is 3.12 bits per heavy atom. The first-order valence-electron chi connectivity index (χ1n) is 5.96. The first kappa shape index (κ1) is 10.6. The van der Waals surface area contributed by atoms with Crippen LogP contribution in [0.4, 0.5) is 0 Å². The summed E-state index contributed by atoms with van der Waals surface area (Å²) in [5.74, 6) is 0.549. The Balaban J connectivity index is 2.12. The lowest BCUT2D eigenvalue weighted by Gasteiger charge is -2.38. The standard InChI is InChI=1S/C13H16N2O2/c14-12(16)10-7-15-8-13(10)5-6-17-11-4-2-1-3-9(11)13/h1-4,10,15H,5-8H2,(H2,14,16). The van der Waals surface area contributed by atoms with Crippen LogP contribution in [-0.4, -0.2) is 25.6 Å². The zero-order valence-electron chi connectivity index (χ0n) is 9.61. The van der Waals surface area contributed by atoms with Crippen molar-refractivity contribution in [2.75, 3.05) is 19.7 Å². The normalized spacial score (nSPS) is 30.9. The predicted molar refractivity (Wildman–Crippen MR) is 63.8 cm³/mol. The van der Waals surface area contributed by atoms with Crippen molar-refractivity contribution < 1.29 is 9.53 Å². The third-order valence-corrected chi connectivity index (χ3v) is 4.03. The summed E-state index contributed by atoms with van der Waals surface area (Å²) in [6.45, 7) is 2.13. The second-order valence-corrected chi connectivity index (χ2v) is 4.84. The summed E-state index contributed by atoms with van der Waals surface area (Å²) in [7, 11) is 0. The van der Waals surface area contributed by atoms with E-state index in [4.69, 9.17) is 10.5 Å². The Morgan fingerprint density at radius 1 is 1.47 bits per heavy atom. The second-order valence-electron chi connectivity index (χ2n) is 4.84. The molecule has 2 atom stereocenters. The van der Waals surface area contributed by atoms with E-state index >= 15 is 0 Å². The van der Waals surface area contributed by atoms with E-state index in [2.05, 4.69) is 11.4 Å². The van der Waals surface area contributed by atoms with Crippen molar-refractivity contribution in [1.29, 1.82) is 0 Å². The molecule has 0 aliphatic carbocycles. The minimum Gasteiger partial charge on any atom is -0.493 e. The van der Waals surface area contributed by atoms with E-state index in [1.54, 1.807) is 0 Å². The van der Waals surface area contributed by atoms with Gasteiger partial charge in [0, 0.05) is 24.1 Å². The topological polar surface area (TPSA) is 64.4 Å². The smallest absolute Gasteiger partial charge is 0.222 e. The number of amides is 1. The van der Waals surface area contributed by atoms with E-state index in [0.717, 1.165) is 24.3 Å².